The Bertz CT molecular complexity index is 528. The van der Waals surface area contributed by atoms with Gasteiger partial charge in [-0.05, 0) is 25.2 Å². The van der Waals surface area contributed by atoms with Crippen LogP contribution in [0.2, 0.25) is 5.02 Å². The lowest BCUT2D eigenvalue weighted by Gasteiger charge is -2.23. The van der Waals surface area contributed by atoms with Gasteiger partial charge < -0.3 is 16.0 Å². The van der Waals surface area contributed by atoms with E-state index in [9.17, 15) is 9.59 Å². The molecule has 1 atom stereocenters. The van der Waals surface area contributed by atoms with E-state index in [4.69, 9.17) is 11.6 Å². The Hall–Kier alpha value is -0.950. The Morgan fingerprint density at radius 2 is 2.19 bits per heavy atom. The molecule has 1 unspecified atom stereocenters. The number of hydrogen-bond donors (Lipinski definition) is 3. The summed E-state index contributed by atoms with van der Waals surface area (Å²) in [6.07, 6.45) is 0.169. The number of hydrogen-bond acceptors (Lipinski definition) is 4. The summed E-state index contributed by atoms with van der Waals surface area (Å²) >= 11 is 7.28. The Kier molecular flexibility index (Phi) is 7.31. The van der Waals surface area contributed by atoms with E-state index >= 15 is 0 Å². The number of carbonyl (C=O) groups is 2. The van der Waals surface area contributed by atoms with Gasteiger partial charge in [0.2, 0.25) is 11.8 Å². The summed E-state index contributed by atoms with van der Waals surface area (Å²) in [5.74, 6) is -0.279. The molecule has 1 aromatic rings. The molecule has 0 fully saturated rings. The van der Waals surface area contributed by atoms with Crippen molar-refractivity contribution in [3.8, 4) is 0 Å². The highest BCUT2D eigenvalue weighted by Gasteiger charge is 2.28. The maximum absolute atomic E-state index is 12.0. The predicted molar refractivity (Wildman–Crippen MR) is 88.5 cm³/mol. The van der Waals surface area contributed by atoms with Crippen molar-refractivity contribution in [1.29, 1.82) is 0 Å². The largest absolute Gasteiger partial charge is 0.355 e. The second kappa shape index (κ2) is 8.48. The number of fused-ring (bicyclic) bond motifs is 1. The summed E-state index contributed by atoms with van der Waals surface area (Å²) in [6.45, 7) is 1.26. The number of rotatable bonds is 5. The van der Waals surface area contributed by atoms with Crippen LogP contribution < -0.4 is 16.0 Å². The van der Waals surface area contributed by atoms with Crippen molar-refractivity contribution in [1.82, 2.24) is 10.6 Å². The highest BCUT2D eigenvalue weighted by Crippen LogP contribution is 2.38. The van der Waals surface area contributed by atoms with E-state index in [0.717, 1.165) is 4.90 Å². The van der Waals surface area contributed by atoms with E-state index in [1.54, 1.807) is 12.1 Å². The zero-order chi connectivity index (χ0) is 14.5. The molecule has 1 heterocycles. The van der Waals surface area contributed by atoms with Crippen molar-refractivity contribution < 1.29 is 9.59 Å². The zero-order valence-corrected chi connectivity index (χ0v) is 13.8. The fraction of sp³-hybridized carbons (Fsp3) is 0.385. The summed E-state index contributed by atoms with van der Waals surface area (Å²) in [4.78, 5) is 24.6. The lowest BCUT2D eigenvalue weighted by molar-refractivity contribution is -0.124. The third-order valence-electron chi connectivity index (χ3n) is 2.83. The van der Waals surface area contributed by atoms with Gasteiger partial charge >= 0.3 is 0 Å². The van der Waals surface area contributed by atoms with Gasteiger partial charge in [-0.15, -0.1) is 24.2 Å². The van der Waals surface area contributed by atoms with Crippen molar-refractivity contribution >= 4 is 53.3 Å². The molecule has 1 aliphatic rings. The summed E-state index contributed by atoms with van der Waals surface area (Å²) < 4.78 is 0. The van der Waals surface area contributed by atoms with Crippen molar-refractivity contribution in [3.05, 3.63) is 23.2 Å². The average Bonchev–Trinajstić information content (AvgIpc) is 2.40. The van der Waals surface area contributed by atoms with E-state index in [1.807, 2.05) is 13.1 Å². The molecule has 21 heavy (non-hydrogen) atoms. The fourth-order valence-electron chi connectivity index (χ4n) is 1.82. The minimum atomic E-state index is -0.404. The van der Waals surface area contributed by atoms with Crippen LogP contribution in [0.1, 0.15) is 6.42 Å². The molecule has 0 radical (unpaired) electrons. The molecule has 0 saturated carbocycles. The molecule has 2 rings (SSSR count). The molecule has 0 saturated heterocycles. The molecule has 0 aromatic heterocycles. The van der Waals surface area contributed by atoms with Crippen LogP contribution in [0.3, 0.4) is 0 Å². The Morgan fingerprint density at radius 3 is 2.90 bits per heavy atom. The molecular weight excluding hydrogens is 333 g/mol. The molecule has 8 heteroatoms. The second-order valence-electron chi connectivity index (χ2n) is 4.39. The van der Waals surface area contributed by atoms with Gasteiger partial charge in [0, 0.05) is 29.4 Å². The zero-order valence-electron chi connectivity index (χ0n) is 11.4. The number of likely N-dealkylation sites (N-methyl/N-ethyl adjacent to an activating group) is 1. The first-order valence-corrected chi connectivity index (χ1v) is 7.54. The first kappa shape index (κ1) is 18.1. The summed E-state index contributed by atoms with van der Waals surface area (Å²) in [5.41, 5.74) is 0.708. The number of amides is 2. The normalized spacial score (nSPS) is 16.5. The summed E-state index contributed by atoms with van der Waals surface area (Å²) in [5, 5.41) is 8.67. The minimum absolute atomic E-state index is 0. The number of thioether (sulfide) groups is 1. The third-order valence-corrected chi connectivity index (χ3v) is 4.34. The standard InChI is InChI=1S/C13H16ClN3O2S.ClH/c1-15-4-5-16-12(18)7-11-13(19)17-9-6-8(14)2-3-10(9)20-11;/h2-3,6,11,15H,4-5,7H2,1H3,(H,16,18)(H,17,19);1H. The predicted octanol–water partition coefficient (Wildman–Crippen LogP) is 1.90. The molecule has 3 N–H and O–H groups in total. The van der Waals surface area contributed by atoms with Gasteiger partial charge in [0.1, 0.15) is 0 Å². The quantitative estimate of drug-likeness (QED) is 0.710. The van der Waals surface area contributed by atoms with Crippen LogP contribution in [-0.2, 0) is 9.59 Å². The van der Waals surface area contributed by atoms with E-state index < -0.39 is 5.25 Å². The first-order valence-electron chi connectivity index (χ1n) is 6.28. The summed E-state index contributed by atoms with van der Waals surface area (Å²) in [7, 11) is 1.82. The number of halogens is 2. The van der Waals surface area contributed by atoms with E-state index in [-0.39, 0.29) is 30.6 Å². The van der Waals surface area contributed by atoms with Gasteiger partial charge in [0.25, 0.3) is 0 Å². The number of anilines is 1. The van der Waals surface area contributed by atoms with E-state index in [0.29, 0.717) is 23.8 Å². The second-order valence-corrected chi connectivity index (χ2v) is 6.07. The van der Waals surface area contributed by atoms with Crippen molar-refractivity contribution in [2.24, 2.45) is 0 Å². The van der Waals surface area contributed by atoms with Crippen LogP contribution >= 0.6 is 35.8 Å². The molecular formula is C13H17Cl2N3O2S. The maximum atomic E-state index is 12.0. The van der Waals surface area contributed by atoms with Gasteiger partial charge in [-0.3, -0.25) is 9.59 Å². The van der Waals surface area contributed by atoms with Crippen LogP contribution in [0.4, 0.5) is 5.69 Å². The molecule has 1 aromatic carbocycles. The SMILES string of the molecule is CNCCNC(=O)CC1Sc2ccc(Cl)cc2NC1=O.Cl. The molecule has 0 bridgehead atoms. The molecule has 2 amide bonds. The van der Waals surface area contributed by atoms with Gasteiger partial charge in [-0.1, -0.05) is 11.6 Å². The van der Waals surface area contributed by atoms with Crippen LogP contribution in [-0.4, -0.2) is 37.2 Å². The highest BCUT2D eigenvalue weighted by atomic mass is 35.5. The molecule has 0 aliphatic carbocycles. The first-order chi connectivity index (χ1) is 9.60. The lowest BCUT2D eigenvalue weighted by Crippen LogP contribution is -2.36. The molecule has 1 aliphatic heterocycles. The number of nitrogens with one attached hydrogen (secondary N) is 3. The lowest BCUT2D eigenvalue weighted by atomic mass is 10.2. The van der Waals surface area contributed by atoms with Crippen LogP contribution in [0.25, 0.3) is 0 Å². The van der Waals surface area contributed by atoms with Crippen LogP contribution in [0.5, 0.6) is 0 Å². The highest BCUT2D eigenvalue weighted by molar-refractivity contribution is 8.01. The number of carbonyl (C=O) groups excluding carboxylic acids is 2. The van der Waals surface area contributed by atoms with Gasteiger partial charge in [0.05, 0.1) is 10.9 Å². The topological polar surface area (TPSA) is 70.2 Å². The molecule has 0 spiro atoms. The minimum Gasteiger partial charge on any atom is -0.355 e. The maximum Gasteiger partial charge on any atom is 0.238 e. The summed E-state index contributed by atoms with van der Waals surface area (Å²) in [6, 6.07) is 5.34. The van der Waals surface area contributed by atoms with Crippen molar-refractivity contribution in [2.75, 3.05) is 25.5 Å². The molecule has 116 valence electrons. The number of benzene rings is 1. The third kappa shape index (κ3) is 5.07. The monoisotopic (exact) mass is 349 g/mol. The Balaban J connectivity index is 0.00000220. The Labute approximate surface area is 139 Å². The van der Waals surface area contributed by atoms with E-state index in [1.165, 1.54) is 11.8 Å². The van der Waals surface area contributed by atoms with E-state index in [2.05, 4.69) is 16.0 Å². The smallest absolute Gasteiger partial charge is 0.238 e. The van der Waals surface area contributed by atoms with Gasteiger partial charge in [0.15, 0.2) is 0 Å². The Morgan fingerprint density at radius 1 is 1.43 bits per heavy atom. The van der Waals surface area contributed by atoms with Crippen LogP contribution in [0, 0.1) is 0 Å². The average molecular weight is 350 g/mol. The molecule has 5 nitrogen and oxygen atoms in total. The van der Waals surface area contributed by atoms with Crippen LogP contribution in [0.15, 0.2) is 23.1 Å². The van der Waals surface area contributed by atoms with Gasteiger partial charge in [-0.2, -0.15) is 0 Å². The van der Waals surface area contributed by atoms with Crippen molar-refractivity contribution in [2.45, 2.75) is 16.6 Å². The van der Waals surface area contributed by atoms with Crippen molar-refractivity contribution in [3.63, 3.8) is 0 Å². The fourth-order valence-corrected chi connectivity index (χ4v) is 3.09. The van der Waals surface area contributed by atoms with Gasteiger partial charge in [-0.25, -0.2) is 0 Å².